The average molecular weight is 349 g/mol. The first kappa shape index (κ1) is 16.3. The van der Waals surface area contributed by atoms with Gasteiger partial charge in [0.1, 0.15) is 6.26 Å². The summed E-state index contributed by atoms with van der Waals surface area (Å²) in [6.45, 7) is 1.23. The molecule has 0 spiro atoms. The number of nitrogens with zero attached hydrogens (tertiary/aromatic N) is 2. The van der Waals surface area contributed by atoms with Crippen LogP contribution in [0.15, 0.2) is 59.5 Å². The number of pyridine rings is 1. The number of hydrogen-bond acceptors (Lipinski definition) is 4. The van der Waals surface area contributed by atoms with E-state index in [1.807, 2.05) is 24.3 Å². The molecule has 4 rings (SSSR count). The van der Waals surface area contributed by atoms with Crippen LogP contribution in [0.25, 0.3) is 10.9 Å². The van der Waals surface area contributed by atoms with Crippen molar-refractivity contribution in [3.05, 3.63) is 66.2 Å². The van der Waals surface area contributed by atoms with Gasteiger partial charge in [0.05, 0.1) is 22.9 Å². The van der Waals surface area contributed by atoms with Crippen LogP contribution in [0.2, 0.25) is 0 Å². The topological polar surface area (TPSA) is 75.4 Å². The number of furan rings is 1. The highest BCUT2D eigenvalue weighted by molar-refractivity contribution is 6.05. The molecule has 1 aliphatic heterocycles. The fourth-order valence-electron chi connectivity index (χ4n) is 3.35. The van der Waals surface area contributed by atoms with Gasteiger partial charge in [0.15, 0.2) is 0 Å². The summed E-state index contributed by atoms with van der Waals surface area (Å²) in [7, 11) is 0. The lowest BCUT2D eigenvalue weighted by Crippen LogP contribution is -2.46. The highest BCUT2D eigenvalue weighted by Gasteiger charge is 2.25. The zero-order valence-electron chi connectivity index (χ0n) is 14.2. The molecule has 0 bridgehead atoms. The van der Waals surface area contributed by atoms with Crippen molar-refractivity contribution in [3.8, 4) is 0 Å². The molecule has 2 amide bonds. The molecule has 1 aromatic carbocycles. The van der Waals surface area contributed by atoms with Crippen molar-refractivity contribution in [2.24, 2.45) is 0 Å². The third-order valence-electron chi connectivity index (χ3n) is 4.76. The Morgan fingerprint density at radius 1 is 1.12 bits per heavy atom. The van der Waals surface area contributed by atoms with Gasteiger partial charge in [-0.1, -0.05) is 18.2 Å². The van der Waals surface area contributed by atoms with Crippen molar-refractivity contribution >= 4 is 22.7 Å². The number of carbonyl (C=O) groups is 2. The molecule has 1 fully saturated rings. The molecular formula is C20H19N3O3. The molecule has 2 aromatic heterocycles. The number of rotatable bonds is 3. The van der Waals surface area contributed by atoms with Crippen LogP contribution < -0.4 is 5.32 Å². The van der Waals surface area contributed by atoms with Crippen LogP contribution in [0.1, 0.15) is 33.6 Å². The van der Waals surface area contributed by atoms with E-state index in [-0.39, 0.29) is 17.9 Å². The summed E-state index contributed by atoms with van der Waals surface area (Å²) in [4.78, 5) is 31.1. The van der Waals surface area contributed by atoms with Crippen molar-refractivity contribution in [1.29, 1.82) is 0 Å². The van der Waals surface area contributed by atoms with E-state index < -0.39 is 0 Å². The quantitative estimate of drug-likeness (QED) is 0.789. The molecular weight excluding hydrogens is 330 g/mol. The first-order valence-electron chi connectivity index (χ1n) is 8.68. The Morgan fingerprint density at radius 2 is 1.92 bits per heavy atom. The van der Waals surface area contributed by atoms with Gasteiger partial charge in [0.2, 0.25) is 0 Å². The third kappa shape index (κ3) is 3.18. The minimum absolute atomic E-state index is 0.0261. The molecule has 3 heterocycles. The van der Waals surface area contributed by atoms with Crippen LogP contribution in [-0.2, 0) is 0 Å². The molecule has 0 atom stereocenters. The number of aromatic nitrogens is 1. The number of amides is 2. The third-order valence-corrected chi connectivity index (χ3v) is 4.76. The maximum absolute atomic E-state index is 12.7. The molecule has 1 saturated heterocycles. The fourth-order valence-corrected chi connectivity index (χ4v) is 3.35. The molecule has 6 heteroatoms. The van der Waals surface area contributed by atoms with Crippen LogP contribution in [0.4, 0.5) is 0 Å². The number of benzene rings is 1. The van der Waals surface area contributed by atoms with E-state index in [2.05, 4.69) is 10.3 Å². The summed E-state index contributed by atoms with van der Waals surface area (Å²) < 4.78 is 4.97. The number of fused-ring (bicyclic) bond motifs is 1. The van der Waals surface area contributed by atoms with Crippen LogP contribution in [0.3, 0.4) is 0 Å². The fraction of sp³-hybridized carbons (Fsp3) is 0.250. The van der Waals surface area contributed by atoms with Gasteiger partial charge < -0.3 is 14.6 Å². The van der Waals surface area contributed by atoms with Gasteiger partial charge in [-0.25, -0.2) is 0 Å². The maximum Gasteiger partial charge on any atom is 0.257 e. The molecule has 0 saturated carbocycles. The molecule has 0 aliphatic carbocycles. The minimum Gasteiger partial charge on any atom is -0.472 e. The second-order valence-corrected chi connectivity index (χ2v) is 6.43. The van der Waals surface area contributed by atoms with E-state index in [0.717, 1.165) is 18.2 Å². The van der Waals surface area contributed by atoms with Crippen molar-refractivity contribution in [1.82, 2.24) is 15.2 Å². The monoisotopic (exact) mass is 349 g/mol. The molecule has 0 radical (unpaired) electrons. The summed E-state index contributed by atoms with van der Waals surface area (Å²) in [5.41, 5.74) is 1.86. The smallest absolute Gasteiger partial charge is 0.257 e. The summed E-state index contributed by atoms with van der Waals surface area (Å²) in [6, 6.07) is 11.1. The Hall–Kier alpha value is -3.15. The summed E-state index contributed by atoms with van der Waals surface area (Å²) in [5.74, 6) is -0.143. The van der Waals surface area contributed by atoms with E-state index in [4.69, 9.17) is 4.42 Å². The summed E-state index contributed by atoms with van der Waals surface area (Å²) >= 11 is 0. The largest absolute Gasteiger partial charge is 0.472 e. The van der Waals surface area contributed by atoms with Crippen LogP contribution >= 0.6 is 0 Å². The van der Waals surface area contributed by atoms with Gasteiger partial charge in [-0.05, 0) is 31.0 Å². The van der Waals surface area contributed by atoms with Crippen molar-refractivity contribution in [2.75, 3.05) is 13.1 Å². The van der Waals surface area contributed by atoms with E-state index in [1.54, 1.807) is 23.2 Å². The maximum atomic E-state index is 12.7. The second kappa shape index (κ2) is 7.00. The average Bonchev–Trinajstić information content (AvgIpc) is 3.22. The molecule has 26 heavy (non-hydrogen) atoms. The first-order valence-corrected chi connectivity index (χ1v) is 8.68. The van der Waals surface area contributed by atoms with Gasteiger partial charge in [-0.3, -0.25) is 14.6 Å². The molecule has 3 aromatic rings. The first-order chi connectivity index (χ1) is 12.7. The van der Waals surface area contributed by atoms with Gasteiger partial charge in [-0.2, -0.15) is 0 Å². The molecule has 132 valence electrons. The van der Waals surface area contributed by atoms with Crippen molar-refractivity contribution in [3.63, 3.8) is 0 Å². The lowest BCUT2D eigenvalue weighted by molar-refractivity contribution is 0.0697. The van der Waals surface area contributed by atoms with E-state index in [9.17, 15) is 9.59 Å². The Morgan fingerprint density at radius 3 is 2.69 bits per heavy atom. The number of hydrogen-bond donors (Lipinski definition) is 1. The SMILES string of the molecule is O=C(NC1CCN(C(=O)c2ccoc2)CC1)c1cccc2cccnc12. The van der Waals surface area contributed by atoms with E-state index in [1.165, 1.54) is 12.5 Å². The number of nitrogens with one attached hydrogen (secondary N) is 1. The molecule has 1 N–H and O–H groups in total. The Bertz CT molecular complexity index is 923. The van der Waals surface area contributed by atoms with Crippen molar-refractivity contribution in [2.45, 2.75) is 18.9 Å². The Labute approximate surface area is 150 Å². The predicted octanol–water partition coefficient (Wildman–Crippen LogP) is 2.86. The van der Waals surface area contributed by atoms with Crippen LogP contribution in [0.5, 0.6) is 0 Å². The van der Waals surface area contributed by atoms with Crippen molar-refractivity contribution < 1.29 is 14.0 Å². The Balaban J connectivity index is 1.40. The number of likely N-dealkylation sites (tertiary alicyclic amines) is 1. The minimum atomic E-state index is -0.117. The Kier molecular flexibility index (Phi) is 4.39. The second-order valence-electron chi connectivity index (χ2n) is 6.43. The van der Waals surface area contributed by atoms with Gasteiger partial charge >= 0.3 is 0 Å². The summed E-state index contributed by atoms with van der Waals surface area (Å²) in [6.07, 6.45) is 6.11. The van der Waals surface area contributed by atoms with Gasteiger partial charge in [0.25, 0.3) is 11.8 Å². The van der Waals surface area contributed by atoms with E-state index in [0.29, 0.717) is 29.7 Å². The number of carbonyl (C=O) groups excluding carboxylic acids is 2. The molecule has 6 nitrogen and oxygen atoms in total. The lowest BCUT2D eigenvalue weighted by Gasteiger charge is -2.32. The zero-order chi connectivity index (χ0) is 17.9. The standard InChI is InChI=1S/C20H19N3O3/c24-19(17-5-1-3-14-4-2-9-21-18(14)17)22-16-6-10-23(11-7-16)20(25)15-8-12-26-13-15/h1-5,8-9,12-13,16H,6-7,10-11H2,(H,22,24). The highest BCUT2D eigenvalue weighted by atomic mass is 16.3. The predicted molar refractivity (Wildman–Crippen MR) is 96.8 cm³/mol. The molecule has 0 unspecified atom stereocenters. The van der Waals surface area contributed by atoms with Gasteiger partial charge in [0, 0.05) is 30.7 Å². The normalized spacial score (nSPS) is 15.2. The van der Waals surface area contributed by atoms with Crippen LogP contribution in [0, 0.1) is 0 Å². The van der Waals surface area contributed by atoms with Gasteiger partial charge in [-0.15, -0.1) is 0 Å². The number of piperidine rings is 1. The molecule has 1 aliphatic rings. The van der Waals surface area contributed by atoms with Crippen LogP contribution in [-0.4, -0.2) is 40.8 Å². The summed E-state index contributed by atoms with van der Waals surface area (Å²) in [5, 5.41) is 4.03. The number of para-hydroxylation sites is 1. The zero-order valence-corrected chi connectivity index (χ0v) is 14.2. The van der Waals surface area contributed by atoms with E-state index >= 15 is 0 Å². The highest BCUT2D eigenvalue weighted by Crippen LogP contribution is 2.18. The lowest BCUT2D eigenvalue weighted by atomic mass is 10.0.